The molecule has 2 aromatic heterocycles. The highest BCUT2D eigenvalue weighted by molar-refractivity contribution is 5.27. The van der Waals surface area contributed by atoms with Gasteiger partial charge in [-0.3, -0.25) is 4.98 Å². The highest BCUT2D eigenvalue weighted by atomic mass is 19.1. The summed E-state index contributed by atoms with van der Waals surface area (Å²) in [6, 6.07) is 15.9. The fraction of sp³-hybridized carbons (Fsp3) is 0.167. The lowest BCUT2D eigenvalue weighted by Gasteiger charge is -2.20. The monoisotopic (exact) mass is 312 g/mol. The van der Waals surface area contributed by atoms with E-state index >= 15 is 0 Å². The van der Waals surface area contributed by atoms with Crippen LogP contribution in [0.3, 0.4) is 0 Å². The highest BCUT2D eigenvalue weighted by Gasteiger charge is 2.18. The smallest absolute Gasteiger partial charge is 0.141 e. The number of benzene rings is 1. The normalized spacial score (nSPS) is 13.7. The molecule has 2 heterocycles. The molecule has 3 aromatic rings. The number of aliphatic hydroxyl groups is 1. The topological polar surface area (TPSA) is 58.3 Å². The second kappa shape index (κ2) is 7.17. The van der Waals surface area contributed by atoms with Gasteiger partial charge >= 0.3 is 0 Å². The molecule has 0 saturated heterocycles. The molecule has 0 bridgehead atoms. The average Bonchev–Trinajstić information content (AvgIpc) is 3.12. The maximum atomic E-state index is 13.1. The van der Waals surface area contributed by atoms with Crippen LogP contribution in [0, 0.1) is 5.82 Å². The largest absolute Gasteiger partial charge is 0.467 e. The van der Waals surface area contributed by atoms with Crippen LogP contribution in [0.4, 0.5) is 4.39 Å². The van der Waals surface area contributed by atoms with Gasteiger partial charge in [0.05, 0.1) is 24.2 Å². The number of aromatic nitrogens is 1. The van der Waals surface area contributed by atoms with E-state index in [2.05, 4.69) is 10.3 Å². The zero-order valence-electron chi connectivity index (χ0n) is 12.4. The predicted octanol–water partition coefficient (Wildman–Crippen LogP) is 3.23. The van der Waals surface area contributed by atoms with Crippen LogP contribution in [0.5, 0.6) is 0 Å². The summed E-state index contributed by atoms with van der Waals surface area (Å²) in [7, 11) is 0. The van der Waals surface area contributed by atoms with Crippen molar-refractivity contribution in [1.82, 2.24) is 10.3 Å². The van der Waals surface area contributed by atoms with Crippen molar-refractivity contribution in [2.45, 2.75) is 12.1 Å². The van der Waals surface area contributed by atoms with E-state index in [1.807, 2.05) is 30.3 Å². The van der Waals surface area contributed by atoms with E-state index in [4.69, 9.17) is 4.42 Å². The van der Waals surface area contributed by atoms with Crippen molar-refractivity contribution in [3.63, 3.8) is 0 Å². The van der Waals surface area contributed by atoms with Crippen LogP contribution in [-0.4, -0.2) is 16.6 Å². The molecular formula is C18H17FN2O2. The first-order chi connectivity index (χ1) is 11.2. The second-order valence-electron chi connectivity index (χ2n) is 5.18. The first kappa shape index (κ1) is 15.4. The van der Waals surface area contributed by atoms with E-state index in [9.17, 15) is 9.50 Å². The second-order valence-corrected chi connectivity index (χ2v) is 5.18. The summed E-state index contributed by atoms with van der Waals surface area (Å²) in [6.45, 7) is 0.284. The van der Waals surface area contributed by atoms with Crippen molar-refractivity contribution >= 4 is 0 Å². The minimum atomic E-state index is -0.767. The van der Waals surface area contributed by atoms with Crippen molar-refractivity contribution < 1.29 is 13.9 Å². The Bertz CT molecular complexity index is 715. The maximum Gasteiger partial charge on any atom is 0.141 e. The molecule has 2 unspecified atom stereocenters. The molecule has 1 aromatic carbocycles. The fourth-order valence-corrected chi connectivity index (χ4v) is 2.41. The van der Waals surface area contributed by atoms with Gasteiger partial charge in [0.2, 0.25) is 0 Å². The van der Waals surface area contributed by atoms with Gasteiger partial charge in [-0.05, 0) is 29.8 Å². The zero-order valence-corrected chi connectivity index (χ0v) is 12.4. The number of aliphatic hydroxyl groups excluding tert-OH is 1. The Balaban J connectivity index is 1.79. The molecule has 5 heteroatoms. The molecule has 0 saturated carbocycles. The number of hydrogen-bond donors (Lipinski definition) is 2. The van der Waals surface area contributed by atoms with Crippen molar-refractivity contribution in [3.05, 3.63) is 89.9 Å². The fourth-order valence-electron chi connectivity index (χ4n) is 2.41. The number of halogens is 1. The van der Waals surface area contributed by atoms with Gasteiger partial charge in [-0.25, -0.2) is 4.39 Å². The van der Waals surface area contributed by atoms with E-state index in [1.54, 1.807) is 18.2 Å². The highest BCUT2D eigenvalue weighted by Crippen LogP contribution is 2.22. The Morgan fingerprint density at radius 2 is 1.91 bits per heavy atom. The van der Waals surface area contributed by atoms with Gasteiger partial charge < -0.3 is 14.8 Å². The van der Waals surface area contributed by atoms with Gasteiger partial charge in [0.15, 0.2) is 0 Å². The Labute approximate surface area is 133 Å². The first-order valence-electron chi connectivity index (χ1n) is 7.35. The molecule has 4 nitrogen and oxygen atoms in total. The molecule has 0 aliphatic carbocycles. The minimum absolute atomic E-state index is 0.249. The average molecular weight is 312 g/mol. The molecule has 0 amide bonds. The Hall–Kier alpha value is -2.50. The molecule has 0 aliphatic rings. The molecule has 2 atom stereocenters. The maximum absolute atomic E-state index is 13.1. The lowest BCUT2D eigenvalue weighted by Crippen LogP contribution is -2.28. The van der Waals surface area contributed by atoms with E-state index in [0.717, 1.165) is 5.56 Å². The van der Waals surface area contributed by atoms with Crippen LogP contribution < -0.4 is 5.32 Å². The van der Waals surface area contributed by atoms with Crippen LogP contribution in [0.2, 0.25) is 0 Å². The molecular weight excluding hydrogens is 295 g/mol. The van der Waals surface area contributed by atoms with E-state index in [0.29, 0.717) is 11.5 Å². The number of nitrogens with one attached hydrogen (secondary N) is 1. The van der Waals surface area contributed by atoms with Crippen molar-refractivity contribution in [2.75, 3.05) is 6.54 Å². The number of nitrogens with zero attached hydrogens (tertiary/aromatic N) is 1. The van der Waals surface area contributed by atoms with Gasteiger partial charge in [0.1, 0.15) is 17.7 Å². The van der Waals surface area contributed by atoms with Gasteiger partial charge in [-0.15, -0.1) is 0 Å². The third-order valence-corrected chi connectivity index (χ3v) is 3.57. The van der Waals surface area contributed by atoms with E-state index in [-0.39, 0.29) is 18.4 Å². The van der Waals surface area contributed by atoms with Crippen LogP contribution >= 0.6 is 0 Å². The van der Waals surface area contributed by atoms with Crippen LogP contribution in [0.25, 0.3) is 0 Å². The predicted molar refractivity (Wildman–Crippen MR) is 84.2 cm³/mol. The van der Waals surface area contributed by atoms with Crippen LogP contribution in [0.15, 0.2) is 71.5 Å². The van der Waals surface area contributed by atoms with Crippen LogP contribution in [0.1, 0.15) is 29.2 Å². The number of hydrogen-bond acceptors (Lipinski definition) is 4. The third kappa shape index (κ3) is 3.83. The Morgan fingerprint density at radius 3 is 2.57 bits per heavy atom. The van der Waals surface area contributed by atoms with Gasteiger partial charge in [-0.2, -0.15) is 0 Å². The summed E-state index contributed by atoms with van der Waals surface area (Å²) in [4.78, 5) is 4.15. The third-order valence-electron chi connectivity index (χ3n) is 3.57. The Morgan fingerprint density at radius 1 is 1.09 bits per heavy atom. The van der Waals surface area contributed by atoms with E-state index < -0.39 is 6.10 Å². The SMILES string of the molecule is OC(CNC(c1ccccc1)c1ccc(F)cn1)c1ccco1. The first-order valence-corrected chi connectivity index (χ1v) is 7.35. The molecule has 23 heavy (non-hydrogen) atoms. The molecule has 0 aliphatic heterocycles. The summed E-state index contributed by atoms with van der Waals surface area (Å²) in [5.41, 5.74) is 1.67. The van der Waals surface area contributed by atoms with Crippen molar-refractivity contribution in [1.29, 1.82) is 0 Å². The summed E-state index contributed by atoms with van der Waals surface area (Å²) in [5, 5.41) is 13.4. The zero-order chi connectivity index (χ0) is 16.1. The van der Waals surface area contributed by atoms with Gasteiger partial charge in [0, 0.05) is 6.54 Å². The van der Waals surface area contributed by atoms with E-state index in [1.165, 1.54) is 18.5 Å². The number of furan rings is 1. The van der Waals surface area contributed by atoms with Gasteiger partial charge in [-0.1, -0.05) is 30.3 Å². The molecule has 0 spiro atoms. The minimum Gasteiger partial charge on any atom is -0.467 e. The summed E-state index contributed by atoms with van der Waals surface area (Å²) in [5.74, 6) is 0.118. The molecule has 118 valence electrons. The molecule has 2 N–H and O–H groups in total. The van der Waals surface area contributed by atoms with Crippen molar-refractivity contribution in [3.8, 4) is 0 Å². The lowest BCUT2D eigenvalue weighted by atomic mass is 10.0. The molecule has 3 rings (SSSR count). The van der Waals surface area contributed by atoms with Gasteiger partial charge in [0.25, 0.3) is 0 Å². The standard InChI is InChI=1S/C18H17FN2O2/c19-14-8-9-15(20-11-14)18(13-5-2-1-3-6-13)21-12-16(22)17-7-4-10-23-17/h1-11,16,18,21-22H,12H2. The Kier molecular flexibility index (Phi) is 4.80. The quantitative estimate of drug-likeness (QED) is 0.734. The summed E-state index contributed by atoms with van der Waals surface area (Å²) < 4.78 is 18.3. The number of rotatable bonds is 6. The van der Waals surface area contributed by atoms with Crippen molar-refractivity contribution in [2.24, 2.45) is 0 Å². The van der Waals surface area contributed by atoms with Crippen LogP contribution in [-0.2, 0) is 0 Å². The summed E-state index contributed by atoms with van der Waals surface area (Å²) >= 11 is 0. The lowest BCUT2D eigenvalue weighted by molar-refractivity contribution is 0.145. The number of pyridine rings is 1. The summed E-state index contributed by atoms with van der Waals surface area (Å²) in [6.07, 6.45) is 1.95. The molecule has 0 fully saturated rings. The molecule has 0 radical (unpaired) electrons.